The fraction of sp³-hybridized carbons (Fsp3) is 0.280. The van der Waals surface area contributed by atoms with Crippen molar-refractivity contribution in [2.75, 3.05) is 7.11 Å². The van der Waals surface area contributed by atoms with E-state index in [1.54, 1.807) is 30.1 Å². The summed E-state index contributed by atoms with van der Waals surface area (Å²) in [5, 5.41) is 4.58. The number of aromatic nitrogens is 5. The molecular weight excluding hydrogens is 443 g/mol. The molecule has 0 saturated heterocycles. The standard InChI is InChI=1S/C25H22F3N5O/c1-15-14-16(11-12-29-15)17-9-10-21(30-24(17)34-2)22-31-23-19(7-5-13-33(23)32-22)18-6-3-4-8-20(18)25(26,27)28/h3-4,6,8-12,14,19H,5,7,13H2,1-2H3. The monoisotopic (exact) mass is 465 g/mol. The molecule has 174 valence electrons. The Labute approximate surface area is 194 Å². The molecule has 0 fully saturated rings. The number of rotatable bonds is 4. The Balaban J connectivity index is 1.55. The predicted octanol–water partition coefficient (Wildman–Crippen LogP) is 5.66. The predicted molar refractivity (Wildman–Crippen MR) is 120 cm³/mol. The molecule has 1 atom stereocenters. The van der Waals surface area contributed by atoms with E-state index in [0.29, 0.717) is 42.6 Å². The van der Waals surface area contributed by atoms with Gasteiger partial charge in [-0.25, -0.2) is 14.6 Å². The summed E-state index contributed by atoms with van der Waals surface area (Å²) in [4.78, 5) is 13.5. The molecule has 4 aromatic rings. The van der Waals surface area contributed by atoms with Crippen LogP contribution in [0, 0.1) is 6.92 Å². The minimum absolute atomic E-state index is 0.226. The average molecular weight is 465 g/mol. The number of hydrogen-bond donors (Lipinski definition) is 0. The van der Waals surface area contributed by atoms with E-state index in [2.05, 4.69) is 20.1 Å². The van der Waals surface area contributed by atoms with Gasteiger partial charge in [-0.3, -0.25) is 4.98 Å². The third-order valence-corrected chi connectivity index (χ3v) is 6.01. The van der Waals surface area contributed by atoms with Crippen LogP contribution in [0.4, 0.5) is 13.2 Å². The molecule has 0 N–H and O–H groups in total. The van der Waals surface area contributed by atoms with Crippen LogP contribution in [0.15, 0.2) is 54.7 Å². The second kappa shape index (κ2) is 8.55. The molecule has 1 aliphatic heterocycles. The van der Waals surface area contributed by atoms with E-state index in [1.165, 1.54) is 12.1 Å². The molecule has 0 spiro atoms. The summed E-state index contributed by atoms with van der Waals surface area (Å²) in [6, 6.07) is 13.2. The van der Waals surface area contributed by atoms with Crippen LogP contribution in [0.3, 0.4) is 0 Å². The largest absolute Gasteiger partial charge is 0.481 e. The fourth-order valence-electron chi connectivity index (χ4n) is 4.47. The molecule has 0 aliphatic carbocycles. The van der Waals surface area contributed by atoms with Gasteiger partial charge in [-0.2, -0.15) is 13.2 Å². The van der Waals surface area contributed by atoms with Gasteiger partial charge in [-0.05, 0) is 61.2 Å². The fourth-order valence-corrected chi connectivity index (χ4v) is 4.47. The SMILES string of the molecule is COc1nc(-c2nc3n(n2)CCCC3c2ccccc2C(F)(F)F)ccc1-c1ccnc(C)c1. The van der Waals surface area contributed by atoms with E-state index >= 15 is 0 Å². The molecule has 1 aliphatic rings. The molecule has 4 heterocycles. The highest BCUT2D eigenvalue weighted by Crippen LogP contribution is 2.41. The lowest BCUT2D eigenvalue weighted by Crippen LogP contribution is -2.21. The first-order valence-electron chi connectivity index (χ1n) is 10.9. The van der Waals surface area contributed by atoms with Crippen molar-refractivity contribution < 1.29 is 17.9 Å². The van der Waals surface area contributed by atoms with Gasteiger partial charge in [0.2, 0.25) is 5.88 Å². The van der Waals surface area contributed by atoms with Gasteiger partial charge >= 0.3 is 6.18 Å². The molecule has 3 aromatic heterocycles. The summed E-state index contributed by atoms with van der Waals surface area (Å²) < 4.78 is 48.2. The van der Waals surface area contributed by atoms with Gasteiger partial charge in [-0.15, -0.1) is 5.10 Å². The Kier molecular flexibility index (Phi) is 5.55. The Hall–Kier alpha value is -3.75. The van der Waals surface area contributed by atoms with E-state index in [0.717, 1.165) is 22.9 Å². The minimum Gasteiger partial charge on any atom is -0.481 e. The van der Waals surface area contributed by atoms with E-state index in [-0.39, 0.29) is 5.56 Å². The van der Waals surface area contributed by atoms with Crippen molar-refractivity contribution in [3.63, 3.8) is 0 Å². The van der Waals surface area contributed by atoms with Gasteiger partial charge < -0.3 is 4.74 Å². The Morgan fingerprint density at radius 3 is 2.65 bits per heavy atom. The quantitative estimate of drug-likeness (QED) is 0.389. The molecular formula is C25H22F3N5O. The van der Waals surface area contributed by atoms with Crippen LogP contribution >= 0.6 is 0 Å². The van der Waals surface area contributed by atoms with Gasteiger partial charge in [0.15, 0.2) is 5.82 Å². The number of alkyl halides is 3. The van der Waals surface area contributed by atoms with Gasteiger partial charge in [0.05, 0.1) is 12.7 Å². The lowest BCUT2D eigenvalue weighted by atomic mass is 9.88. The highest BCUT2D eigenvalue weighted by Gasteiger charge is 2.37. The molecule has 9 heteroatoms. The van der Waals surface area contributed by atoms with Crippen molar-refractivity contribution in [2.45, 2.75) is 38.4 Å². The van der Waals surface area contributed by atoms with E-state index in [1.807, 2.05) is 25.1 Å². The Bertz CT molecular complexity index is 1350. The number of aryl methyl sites for hydroxylation is 2. The molecule has 1 unspecified atom stereocenters. The second-order valence-corrected chi connectivity index (χ2v) is 8.24. The van der Waals surface area contributed by atoms with Gasteiger partial charge in [0, 0.05) is 29.9 Å². The van der Waals surface area contributed by atoms with Gasteiger partial charge in [0.25, 0.3) is 0 Å². The van der Waals surface area contributed by atoms with Crippen molar-refractivity contribution in [2.24, 2.45) is 0 Å². The van der Waals surface area contributed by atoms with E-state index < -0.39 is 17.7 Å². The summed E-state index contributed by atoms with van der Waals surface area (Å²) in [6.45, 7) is 2.50. The van der Waals surface area contributed by atoms with Gasteiger partial charge in [0.1, 0.15) is 11.5 Å². The Morgan fingerprint density at radius 2 is 1.88 bits per heavy atom. The third kappa shape index (κ3) is 4.02. The van der Waals surface area contributed by atoms with Crippen molar-refractivity contribution in [1.29, 1.82) is 0 Å². The van der Waals surface area contributed by atoms with E-state index in [9.17, 15) is 13.2 Å². The highest BCUT2D eigenvalue weighted by molar-refractivity contribution is 5.71. The van der Waals surface area contributed by atoms with Crippen molar-refractivity contribution in [3.8, 4) is 28.5 Å². The van der Waals surface area contributed by atoms with Crippen molar-refractivity contribution >= 4 is 0 Å². The number of benzene rings is 1. The van der Waals surface area contributed by atoms with Crippen LogP contribution in [0.2, 0.25) is 0 Å². The molecule has 5 rings (SSSR count). The molecule has 6 nitrogen and oxygen atoms in total. The van der Waals surface area contributed by atoms with Crippen LogP contribution in [-0.4, -0.2) is 31.8 Å². The minimum atomic E-state index is -4.43. The first kappa shape index (κ1) is 22.1. The highest BCUT2D eigenvalue weighted by atomic mass is 19.4. The summed E-state index contributed by atoms with van der Waals surface area (Å²) in [6.07, 6.45) is -1.42. The zero-order valence-corrected chi connectivity index (χ0v) is 18.7. The molecule has 0 radical (unpaired) electrons. The molecule has 1 aromatic carbocycles. The number of pyridine rings is 2. The number of fused-ring (bicyclic) bond motifs is 1. The molecule has 0 amide bonds. The topological polar surface area (TPSA) is 65.7 Å². The third-order valence-electron chi connectivity index (χ3n) is 6.01. The Morgan fingerprint density at radius 1 is 1.06 bits per heavy atom. The molecule has 0 bridgehead atoms. The second-order valence-electron chi connectivity index (χ2n) is 8.24. The van der Waals surface area contributed by atoms with Crippen molar-refractivity contribution in [3.05, 3.63) is 77.4 Å². The first-order valence-corrected chi connectivity index (χ1v) is 10.9. The lowest BCUT2D eigenvalue weighted by Gasteiger charge is -2.25. The maximum atomic E-state index is 13.7. The van der Waals surface area contributed by atoms with Crippen LogP contribution in [0.5, 0.6) is 5.88 Å². The maximum absolute atomic E-state index is 13.7. The summed E-state index contributed by atoms with van der Waals surface area (Å²) in [5.41, 5.74) is 2.69. The van der Waals surface area contributed by atoms with Crippen molar-refractivity contribution in [1.82, 2.24) is 24.7 Å². The maximum Gasteiger partial charge on any atom is 0.416 e. The number of ether oxygens (including phenoxy) is 1. The number of halogens is 3. The smallest absolute Gasteiger partial charge is 0.416 e. The van der Waals surface area contributed by atoms with Crippen LogP contribution in [-0.2, 0) is 12.7 Å². The average Bonchev–Trinajstić information content (AvgIpc) is 3.28. The zero-order valence-electron chi connectivity index (χ0n) is 18.7. The molecule has 0 saturated carbocycles. The summed E-state index contributed by atoms with van der Waals surface area (Å²) >= 11 is 0. The van der Waals surface area contributed by atoms with Gasteiger partial charge in [-0.1, -0.05) is 18.2 Å². The van der Waals surface area contributed by atoms with E-state index in [4.69, 9.17) is 4.74 Å². The number of hydrogen-bond acceptors (Lipinski definition) is 5. The number of nitrogens with zero attached hydrogens (tertiary/aromatic N) is 5. The summed E-state index contributed by atoms with van der Waals surface area (Å²) in [7, 11) is 1.54. The first-order chi connectivity index (χ1) is 16.3. The zero-order chi connectivity index (χ0) is 23.9. The summed E-state index contributed by atoms with van der Waals surface area (Å²) in [5.74, 6) is 0.804. The normalized spacial score (nSPS) is 15.7. The van der Waals surface area contributed by atoms with Crippen LogP contribution in [0.1, 0.15) is 41.4 Å². The van der Waals surface area contributed by atoms with Crippen LogP contribution < -0.4 is 4.74 Å². The molecule has 34 heavy (non-hydrogen) atoms. The number of methoxy groups -OCH3 is 1. The van der Waals surface area contributed by atoms with Crippen LogP contribution in [0.25, 0.3) is 22.6 Å². The lowest BCUT2D eigenvalue weighted by molar-refractivity contribution is -0.138.